The highest BCUT2D eigenvalue weighted by atomic mass is 32.1. The highest BCUT2D eigenvalue weighted by Gasteiger charge is 2.11. The minimum Gasteiger partial charge on any atom is -0.493 e. The van der Waals surface area contributed by atoms with Crippen LogP contribution in [0, 0.1) is 6.92 Å². The van der Waals surface area contributed by atoms with E-state index in [1.807, 2.05) is 6.92 Å². The molecule has 0 fully saturated rings. The second kappa shape index (κ2) is 6.18. The van der Waals surface area contributed by atoms with Crippen molar-refractivity contribution < 1.29 is 4.74 Å². The van der Waals surface area contributed by atoms with Crippen LogP contribution in [0.5, 0.6) is 5.75 Å². The Balaban J connectivity index is 1.77. The Morgan fingerprint density at radius 1 is 1.33 bits per heavy atom. The molecule has 2 heterocycles. The van der Waals surface area contributed by atoms with Gasteiger partial charge in [-0.15, -0.1) is 11.3 Å². The van der Waals surface area contributed by atoms with Crippen LogP contribution in [0.4, 0.5) is 5.69 Å². The Morgan fingerprint density at radius 3 is 2.81 bits per heavy atom. The number of thiophene rings is 1. The van der Waals surface area contributed by atoms with Crippen LogP contribution in [-0.2, 0) is 0 Å². The fourth-order valence-corrected chi connectivity index (χ4v) is 3.33. The summed E-state index contributed by atoms with van der Waals surface area (Å²) in [6.45, 7) is 6.58. The second-order valence-corrected chi connectivity index (χ2v) is 5.73. The molecule has 0 radical (unpaired) electrons. The summed E-state index contributed by atoms with van der Waals surface area (Å²) in [5, 5.41) is 8.56. The van der Waals surface area contributed by atoms with Crippen molar-refractivity contribution in [3.8, 4) is 16.2 Å². The molecule has 2 N–H and O–H groups in total. The Morgan fingerprint density at radius 2 is 2.14 bits per heavy atom. The molecule has 0 atom stereocenters. The molecule has 3 rings (SSSR count). The summed E-state index contributed by atoms with van der Waals surface area (Å²) in [5.41, 5.74) is 3.48. The number of nitrogens with zero attached hydrogens (tertiary/aromatic N) is 1. The van der Waals surface area contributed by atoms with E-state index in [9.17, 15) is 0 Å². The molecule has 0 saturated carbocycles. The van der Waals surface area contributed by atoms with E-state index in [-0.39, 0.29) is 0 Å². The first kappa shape index (κ1) is 13.9. The van der Waals surface area contributed by atoms with E-state index >= 15 is 0 Å². The van der Waals surface area contributed by atoms with Gasteiger partial charge in [-0.1, -0.05) is 12.1 Å². The fourth-order valence-electron chi connectivity index (χ4n) is 2.31. The van der Waals surface area contributed by atoms with Crippen LogP contribution in [0.15, 0.2) is 34.6 Å². The van der Waals surface area contributed by atoms with Crippen molar-refractivity contribution in [3.63, 3.8) is 0 Å². The van der Waals surface area contributed by atoms with Crippen molar-refractivity contribution in [2.45, 2.75) is 13.8 Å². The van der Waals surface area contributed by atoms with E-state index in [4.69, 9.17) is 4.74 Å². The molecule has 0 amide bonds. The van der Waals surface area contributed by atoms with Crippen LogP contribution in [0.1, 0.15) is 12.5 Å². The van der Waals surface area contributed by atoms with Crippen LogP contribution in [0.3, 0.4) is 0 Å². The topological polar surface area (TPSA) is 45.6 Å². The molecule has 1 aromatic carbocycles. The van der Waals surface area contributed by atoms with Crippen molar-refractivity contribution >= 4 is 23.0 Å². The maximum atomic E-state index is 5.63. The maximum Gasteiger partial charge on any atom is 0.195 e. The van der Waals surface area contributed by atoms with Crippen molar-refractivity contribution in [2.24, 2.45) is 4.99 Å². The zero-order valence-corrected chi connectivity index (χ0v) is 13.1. The van der Waals surface area contributed by atoms with Gasteiger partial charge >= 0.3 is 0 Å². The van der Waals surface area contributed by atoms with Gasteiger partial charge in [0.05, 0.1) is 13.2 Å². The highest BCUT2D eigenvalue weighted by molar-refractivity contribution is 7.14. The summed E-state index contributed by atoms with van der Waals surface area (Å²) in [7, 11) is 0. The Bertz CT molecular complexity index is 646. The van der Waals surface area contributed by atoms with E-state index in [0.717, 1.165) is 30.5 Å². The largest absolute Gasteiger partial charge is 0.493 e. The Labute approximate surface area is 128 Å². The van der Waals surface area contributed by atoms with E-state index in [1.54, 1.807) is 11.3 Å². The molecule has 110 valence electrons. The molecule has 0 unspecified atom stereocenters. The minimum atomic E-state index is 0.703. The van der Waals surface area contributed by atoms with E-state index in [1.165, 1.54) is 16.0 Å². The van der Waals surface area contributed by atoms with Crippen LogP contribution in [0.2, 0.25) is 0 Å². The summed E-state index contributed by atoms with van der Waals surface area (Å²) >= 11 is 1.73. The smallest absolute Gasteiger partial charge is 0.195 e. The molecule has 1 aliphatic heterocycles. The zero-order chi connectivity index (χ0) is 14.7. The average Bonchev–Trinajstić information content (AvgIpc) is 3.12. The summed E-state index contributed by atoms with van der Waals surface area (Å²) in [5.74, 6) is 1.85. The Kier molecular flexibility index (Phi) is 4.10. The monoisotopic (exact) mass is 301 g/mol. The molecule has 0 aliphatic carbocycles. The lowest BCUT2D eigenvalue weighted by atomic mass is 10.1. The van der Waals surface area contributed by atoms with Gasteiger partial charge in [-0.2, -0.15) is 0 Å². The van der Waals surface area contributed by atoms with Gasteiger partial charge in [0, 0.05) is 28.1 Å². The number of ether oxygens (including phenoxy) is 1. The van der Waals surface area contributed by atoms with Gasteiger partial charge in [0.1, 0.15) is 5.75 Å². The molecule has 2 aromatic rings. The molecule has 1 aromatic heterocycles. The molecular weight excluding hydrogens is 282 g/mol. The summed E-state index contributed by atoms with van der Waals surface area (Å²) in [4.78, 5) is 5.59. The molecule has 0 spiro atoms. The van der Waals surface area contributed by atoms with E-state index in [2.05, 4.69) is 52.2 Å². The van der Waals surface area contributed by atoms with Gasteiger partial charge in [-0.05, 0) is 31.5 Å². The van der Waals surface area contributed by atoms with Crippen LogP contribution < -0.4 is 15.4 Å². The van der Waals surface area contributed by atoms with Gasteiger partial charge in [0.15, 0.2) is 5.96 Å². The second-order valence-electron chi connectivity index (χ2n) is 4.85. The maximum absolute atomic E-state index is 5.63. The van der Waals surface area contributed by atoms with Crippen LogP contribution in [-0.4, -0.2) is 25.7 Å². The fraction of sp³-hybridized carbons (Fsp3) is 0.312. The van der Waals surface area contributed by atoms with Gasteiger partial charge in [-0.25, -0.2) is 0 Å². The van der Waals surface area contributed by atoms with E-state index in [0.29, 0.717) is 6.61 Å². The molecule has 0 bridgehead atoms. The minimum absolute atomic E-state index is 0.703. The normalized spacial score (nSPS) is 13.7. The summed E-state index contributed by atoms with van der Waals surface area (Å²) in [6.07, 6.45) is 0. The third-order valence-corrected chi connectivity index (χ3v) is 4.49. The predicted octanol–water partition coefficient (Wildman–Crippen LogP) is 3.49. The molecule has 21 heavy (non-hydrogen) atoms. The Hall–Kier alpha value is -2.01. The number of rotatable bonds is 4. The van der Waals surface area contributed by atoms with Gasteiger partial charge in [0.2, 0.25) is 0 Å². The number of hydrogen-bond acceptors (Lipinski definition) is 5. The average molecular weight is 301 g/mol. The molecule has 1 aliphatic rings. The lowest BCUT2D eigenvalue weighted by molar-refractivity contribution is 0.339. The molecule has 5 heteroatoms. The van der Waals surface area contributed by atoms with Gasteiger partial charge in [0.25, 0.3) is 0 Å². The first-order valence-electron chi connectivity index (χ1n) is 7.14. The highest BCUT2D eigenvalue weighted by Crippen LogP contribution is 2.37. The third kappa shape index (κ3) is 3.03. The predicted molar refractivity (Wildman–Crippen MR) is 89.6 cm³/mol. The summed E-state index contributed by atoms with van der Waals surface area (Å²) < 4.78 is 5.63. The number of hydrogen-bond donors (Lipinski definition) is 2. The number of nitrogens with one attached hydrogen (secondary N) is 2. The SMILES string of the molecule is CCOc1csc(-c2ccc(NC3=NCCN3)cc2)c1C. The third-order valence-electron chi connectivity index (χ3n) is 3.38. The number of anilines is 1. The number of guanidine groups is 1. The number of aliphatic imine (C=N–C) groups is 1. The lowest BCUT2D eigenvalue weighted by Crippen LogP contribution is -2.26. The van der Waals surface area contributed by atoms with Crippen LogP contribution in [0.25, 0.3) is 10.4 Å². The van der Waals surface area contributed by atoms with E-state index < -0.39 is 0 Å². The zero-order valence-electron chi connectivity index (χ0n) is 12.3. The molecule has 4 nitrogen and oxygen atoms in total. The van der Waals surface area contributed by atoms with Crippen molar-refractivity contribution in [1.82, 2.24) is 5.32 Å². The van der Waals surface area contributed by atoms with Crippen molar-refractivity contribution in [1.29, 1.82) is 0 Å². The van der Waals surface area contributed by atoms with Crippen LogP contribution >= 0.6 is 11.3 Å². The number of benzene rings is 1. The first-order valence-corrected chi connectivity index (χ1v) is 8.02. The van der Waals surface area contributed by atoms with Gasteiger partial charge < -0.3 is 15.4 Å². The standard InChI is InChI=1S/C16H19N3OS/c1-3-20-14-10-21-15(11(14)2)12-4-6-13(7-5-12)19-16-17-8-9-18-16/h4-7,10H,3,8-9H2,1-2H3,(H2,17,18,19). The lowest BCUT2D eigenvalue weighted by Gasteiger charge is -2.08. The summed E-state index contributed by atoms with van der Waals surface area (Å²) in [6, 6.07) is 8.42. The van der Waals surface area contributed by atoms with Gasteiger partial charge in [-0.3, -0.25) is 4.99 Å². The van der Waals surface area contributed by atoms with Crippen molar-refractivity contribution in [3.05, 3.63) is 35.2 Å². The molecule has 0 saturated heterocycles. The first-order chi connectivity index (χ1) is 10.3. The molecular formula is C16H19N3OS. The quantitative estimate of drug-likeness (QED) is 0.908. The van der Waals surface area contributed by atoms with Crippen molar-refractivity contribution in [2.75, 3.05) is 25.0 Å².